The SMILES string of the molecule is CC(C)(C)[Si](F)(c1ccc(C(=O)NC[C@H](NC(=O)CC[C@@H](C(=O)O)N2CCN(CC(=O)O)CCN(CC(=O)O)CCN(CC(=O)O)CC2)C(=O)C[C@@H](CCCCNC(=O)CCCCCCC(=O)NCCCC[C@H](CC(=O)C[C@@H](CCC(=O)O)C(=O)O)C(=O)O)C(=O)O)cc1)C(C)(C)C. The summed E-state index contributed by atoms with van der Waals surface area (Å²) in [5, 5.41) is 87.3. The maximum absolute atomic E-state index is 17.1. The molecule has 30 nitrogen and oxygen atoms in total. The molecule has 0 radical (unpaired) electrons. The smallest absolute Gasteiger partial charge is 0.320 e. The fraction of sp³-hybridized carbons (Fsp3) is 0.697. The monoisotopic (exact) mass is 1410 g/mol. The molecule has 98 heavy (non-hydrogen) atoms. The van der Waals surface area contributed by atoms with Gasteiger partial charge in [0.15, 0.2) is 5.78 Å². The molecule has 552 valence electrons. The summed E-state index contributed by atoms with van der Waals surface area (Å²) in [5.41, 5.74) is 0.0947. The number of carbonyl (C=O) groups is 14. The lowest BCUT2D eigenvalue weighted by molar-refractivity contribution is -0.146. The zero-order valence-corrected chi connectivity index (χ0v) is 58.5. The minimum absolute atomic E-state index is 0.0198. The highest BCUT2D eigenvalue weighted by molar-refractivity contribution is 6.90. The lowest BCUT2D eigenvalue weighted by Crippen LogP contribution is -2.57. The van der Waals surface area contributed by atoms with Gasteiger partial charge in [-0.25, -0.2) is 0 Å². The Morgan fingerprint density at radius 2 is 0.857 bits per heavy atom. The maximum atomic E-state index is 17.1. The number of ketones is 2. The number of carbonyl (C=O) groups excluding carboxylic acids is 6. The van der Waals surface area contributed by atoms with Gasteiger partial charge < -0.3 is 66.2 Å². The van der Waals surface area contributed by atoms with E-state index in [4.69, 9.17) is 5.11 Å². The molecule has 1 aliphatic rings. The van der Waals surface area contributed by atoms with Crippen LogP contribution in [0.2, 0.25) is 10.1 Å². The molecule has 32 heteroatoms. The summed E-state index contributed by atoms with van der Waals surface area (Å²) in [6.07, 6.45) is 1.12. The van der Waals surface area contributed by atoms with Gasteiger partial charge in [0.1, 0.15) is 17.9 Å². The first-order chi connectivity index (χ1) is 45.8. The number of benzene rings is 1. The molecule has 1 aliphatic heterocycles. The summed E-state index contributed by atoms with van der Waals surface area (Å²) >= 11 is 0. The van der Waals surface area contributed by atoms with E-state index in [0.29, 0.717) is 50.1 Å². The molecule has 5 atom stereocenters. The van der Waals surface area contributed by atoms with E-state index < -0.39 is 178 Å². The predicted molar refractivity (Wildman–Crippen MR) is 357 cm³/mol. The molecule has 1 saturated heterocycles. The van der Waals surface area contributed by atoms with Crippen molar-refractivity contribution in [2.45, 2.75) is 186 Å². The third-order valence-electron chi connectivity index (χ3n) is 17.4. The molecule has 12 N–H and O–H groups in total. The molecule has 4 amide bonds. The Hall–Kier alpha value is -7.81. The molecule has 0 unspecified atom stereocenters. The van der Waals surface area contributed by atoms with Crippen LogP contribution < -0.4 is 26.5 Å². The Morgan fingerprint density at radius 3 is 1.24 bits per heavy atom. The van der Waals surface area contributed by atoms with Gasteiger partial charge in [-0.2, -0.15) is 0 Å². The van der Waals surface area contributed by atoms with Gasteiger partial charge in [0.05, 0.1) is 37.4 Å². The fourth-order valence-electron chi connectivity index (χ4n) is 12.1. The topological polar surface area (TPSA) is 462 Å². The van der Waals surface area contributed by atoms with Crippen molar-refractivity contribution in [3.8, 4) is 0 Å². The molecule has 1 aromatic carbocycles. The molecule has 0 aliphatic carbocycles. The number of halogens is 1. The summed E-state index contributed by atoms with van der Waals surface area (Å²) in [6.45, 7) is 9.63. The molecule has 0 saturated carbocycles. The zero-order chi connectivity index (χ0) is 73.9. The van der Waals surface area contributed by atoms with E-state index in [0.717, 1.165) is 0 Å². The summed E-state index contributed by atoms with van der Waals surface area (Å²) in [4.78, 5) is 180. The molecule has 1 heterocycles. The highest BCUT2D eigenvalue weighted by atomic mass is 28.4. The lowest BCUT2D eigenvalue weighted by atomic mass is 9.90. The van der Waals surface area contributed by atoms with Crippen molar-refractivity contribution in [2.24, 2.45) is 17.8 Å². The van der Waals surface area contributed by atoms with Crippen LogP contribution in [-0.4, -0.2) is 256 Å². The first-order valence-corrected chi connectivity index (χ1v) is 35.4. The third-order valence-corrected chi connectivity index (χ3v) is 22.7. The second kappa shape index (κ2) is 43.6. The van der Waals surface area contributed by atoms with E-state index in [9.17, 15) is 103 Å². The molecule has 0 bridgehead atoms. The van der Waals surface area contributed by atoms with Gasteiger partial charge in [-0.1, -0.05) is 79.4 Å². The van der Waals surface area contributed by atoms with Crippen molar-refractivity contribution in [1.29, 1.82) is 0 Å². The lowest BCUT2D eigenvalue weighted by Gasteiger charge is -2.44. The van der Waals surface area contributed by atoms with E-state index >= 15 is 4.11 Å². The number of amides is 4. The number of nitrogens with zero attached hydrogens (tertiary/aromatic N) is 4. The van der Waals surface area contributed by atoms with Gasteiger partial charge in [-0.15, -0.1) is 0 Å². The van der Waals surface area contributed by atoms with Gasteiger partial charge in [0, 0.05) is 123 Å². The maximum Gasteiger partial charge on any atom is 0.320 e. The Bertz CT molecular complexity index is 2810. The number of carboxylic acid groups (broad SMARTS) is 8. The van der Waals surface area contributed by atoms with Crippen LogP contribution in [0.3, 0.4) is 0 Å². The van der Waals surface area contributed by atoms with Crippen LogP contribution in [0.25, 0.3) is 0 Å². The van der Waals surface area contributed by atoms with E-state index in [1.807, 2.05) is 41.5 Å². The van der Waals surface area contributed by atoms with Crippen LogP contribution in [0.1, 0.15) is 174 Å². The van der Waals surface area contributed by atoms with Crippen molar-refractivity contribution in [3.05, 3.63) is 29.8 Å². The molecule has 0 spiro atoms. The Balaban J connectivity index is 2.09. The molecular formula is C66H105FN8O22Si. The quantitative estimate of drug-likeness (QED) is 0.0252. The van der Waals surface area contributed by atoms with E-state index in [1.165, 1.54) is 26.8 Å². The highest BCUT2D eigenvalue weighted by Crippen LogP contribution is 2.51. The second-order valence-electron chi connectivity index (χ2n) is 27.3. The van der Waals surface area contributed by atoms with Gasteiger partial charge in [0.25, 0.3) is 14.3 Å². The van der Waals surface area contributed by atoms with Gasteiger partial charge >= 0.3 is 47.8 Å². The van der Waals surface area contributed by atoms with Crippen molar-refractivity contribution >= 4 is 96.5 Å². The van der Waals surface area contributed by atoms with Gasteiger partial charge in [-0.3, -0.25) is 86.7 Å². The van der Waals surface area contributed by atoms with Crippen LogP contribution in [0, 0.1) is 17.8 Å². The average Bonchev–Trinajstić information content (AvgIpc) is 0.749. The standard InChI is InChI=1S/C66H105FN8O22Si/c1-65(2,3)98(67,66(4,5)6)49-22-19-44(20-23-49)60(89)70-40-50(71-55(80)25-24-51(64(96)97)75-35-33-73(42-58(85)86)31-29-72(41-57(83)84)30-32-74(34-36-75)43-59(87)88)52(77)39-46(62(92)93)16-12-14-28-69-54(79)18-10-8-7-9-17-53(78)68-27-13-11-15-45(61(90)91)37-48(76)38-47(63(94)95)21-26-56(81)82/h19-20,22-23,45-47,50-51H,7-18,21,24-43H2,1-6H3,(H,68,78)(H,69,79)(H,70,89)(H,71,80)(H,81,82)(H,83,84)(H,85,86)(H,87,88)(H,90,91)(H,92,93)(H,94,95)(H,96,97)/t45-,46-,47-,50+,51+/m1/s1. The van der Waals surface area contributed by atoms with E-state index in [-0.39, 0.29) is 128 Å². The number of unbranched alkanes of at least 4 members (excludes halogenated alkanes) is 5. The van der Waals surface area contributed by atoms with Crippen LogP contribution >= 0.6 is 0 Å². The predicted octanol–water partition coefficient (Wildman–Crippen LogP) is 3.52. The Morgan fingerprint density at radius 1 is 0.449 bits per heavy atom. The molecule has 1 fully saturated rings. The van der Waals surface area contributed by atoms with E-state index in [2.05, 4.69) is 21.3 Å². The number of Topliss-reactive ketones (excluding diaryl/α,β-unsaturated/α-hetero) is 2. The third kappa shape index (κ3) is 33.2. The molecular weight excluding hydrogens is 1300 g/mol. The Labute approximate surface area is 572 Å². The van der Waals surface area contributed by atoms with E-state index in [1.54, 1.807) is 17.0 Å². The fourth-order valence-corrected chi connectivity index (χ4v) is 16.7. The van der Waals surface area contributed by atoms with Crippen LogP contribution in [0.4, 0.5) is 4.11 Å². The number of hydrogen-bond acceptors (Lipinski definition) is 18. The van der Waals surface area contributed by atoms with Crippen molar-refractivity contribution in [1.82, 2.24) is 40.9 Å². The summed E-state index contributed by atoms with van der Waals surface area (Å²) < 4.78 is 17.1. The van der Waals surface area contributed by atoms with Gasteiger partial charge in [0.2, 0.25) is 17.7 Å². The van der Waals surface area contributed by atoms with Crippen LogP contribution in [0.15, 0.2) is 24.3 Å². The Kier molecular flexibility index (Phi) is 38.3. The summed E-state index contributed by atoms with van der Waals surface area (Å²) in [6, 6.07) is 3.05. The summed E-state index contributed by atoms with van der Waals surface area (Å²) in [7, 11) is -3.73. The number of rotatable bonds is 46. The zero-order valence-electron chi connectivity index (χ0n) is 57.5. The molecule has 0 aromatic heterocycles. The number of carboxylic acids is 8. The van der Waals surface area contributed by atoms with Crippen LogP contribution in [-0.2, 0) is 62.3 Å². The first-order valence-electron chi connectivity index (χ1n) is 33.5. The van der Waals surface area contributed by atoms with Gasteiger partial charge in [-0.05, 0) is 78.8 Å². The highest BCUT2D eigenvalue weighted by Gasteiger charge is 2.56. The first kappa shape index (κ1) is 86.3. The van der Waals surface area contributed by atoms with Crippen molar-refractivity contribution in [3.63, 3.8) is 0 Å². The average molecular weight is 1410 g/mol. The molecule has 1 aromatic rings. The van der Waals surface area contributed by atoms with Crippen molar-refractivity contribution in [2.75, 3.05) is 91.6 Å². The second-order valence-corrected chi connectivity index (χ2v) is 32.2. The minimum atomic E-state index is -3.73. The van der Waals surface area contributed by atoms with Crippen LogP contribution in [0.5, 0.6) is 0 Å². The number of aliphatic carboxylic acids is 8. The van der Waals surface area contributed by atoms with Crippen molar-refractivity contribution < 1.29 is 112 Å². The number of hydrogen-bond donors (Lipinski definition) is 12. The number of nitrogens with one attached hydrogen (secondary N) is 4. The molecule has 2 rings (SSSR count). The largest absolute Gasteiger partial charge is 0.481 e. The summed E-state index contributed by atoms with van der Waals surface area (Å²) in [5.74, 6) is -17.0. The minimum Gasteiger partial charge on any atom is -0.481 e. The normalized spacial score (nSPS) is 15.7.